The molecule has 0 aromatic carbocycles. The van der Waals surface area contributed by atoms with Gasteiger partial charge in [0.15, 0.2) is 6.71 Å². The lowest BCUT2D eigenvalue weighted by Crippen LogP contribution is -2.31. The lowest BCUT2D eigenvalue weighted by Gasteiger charge is -2.23. The molecule has 0 saturated heterocycles. The van der Waals surface area contributed by atoms with Gasteiger partial charge in [-0.3, -0.25) is 0 Å². The summed E-state index contributed by atoms with van der Waals surface area (Å²) in [5, 5.41) is 1.76. The fourth-order valence-corrected chi connectivity index (χ4v) is 4.73. The average Bonchev–Trinajstić information content (AvgIpc) is 2.08. The highest BCUT2D eigenvalue weighted by Crippen LogP contribution is 2.19. The number of hydrogen-bond acceptors (Lipinski definition) is 0. The van der Waals surface area contributed by atoms with E-state index in [1.54, 1.807) is 5.10 Å². The van der Waals surface area contributed by atoms with Crippen LogP contribution in [0, 0.1) is 0 Å². The molecule has 0 aromatic rings. The topological polar surface area (TPSA) is 0 Å². The van der Waals surface area contributed by atoms with E-state index in [0.29, 0.717) is 0 Å². The van der Waals surface area contributed by atoms with E-state index in [9.17, 15) is 0 Å². The third-order valence-electron chi connectivity index (χ3n) is 2.91. The first-order valence-electron chi connectivity index (χ1n) is 6.60. The van der Waals surface area contributed by atoms with Crippen LogP contribution in [0.15, 0.2) is 11.2 Å². The summed E-state index contributed by atoms with van der Waals surface area (Å²) in [4.78, 5) is 0. The van der Waals surface area contributed by atoms with Crippen molar-refractivity contribution < 1.29 is 0 Å². The highest BCUT2D eigenvalue weighted by atomic mass is 28.3. The van der Waals surface area contributed by atoms with Gasteiger partial charge in [-0.05, 0) is 12.8 Å². The van der Waals surface area contributed by atoms with E-state index in [0.717, 1.165) is 6.71 Å². The molecule has 88 valence electrons. The highest BCUT2D eigenvalue weighted by Gasteiger charge is 2.22. The molecule has 0 unspecified atom stereocenters. The molecule has 0 nitrogen and oxygen atoms in total. The number of unbranched alkanes of at least 4 members (excludes halogenated alkanes) is 4. The third kappa shape index (κ3) is 6.99. The van der Waals surface area contributed by atoms with Crippen LogP contribution in [0.5, 0.6) is 0 Å². The van der Waals surface area contributed by atoms with E-state index in [1.807, 2.05) is 0 Å². The van der Waals surface area contributed by atoms with Gasteiger partial charge in [-0.15, -0.1) is 5.10 Å². The second-order valence-electron chi connectivity index (χ2n) is 5.91. The molecule has 15 heavy (non-hydrogen) atoms. The largest absolute Gasteiger partial charge is 0.159 e. The summed E-state index contributed by atoms with van der Waals surface area (Å²) in [7, 11) is -1.06. The molecule has 0 fully saturated rings. The molecule has 0 atom stereocenters. The minimum absolute atomic E-state index is 0.753. The molecule has 0 heterocycles. The van der Waals surface area contributed by atoms with Crippen LogP contribution in [-0.4, -0.2) is 14.8 Å². The first-order chi connectivity index (χ1) is 6.89. The van der Waals surface area contributed by atoms with Crippen molar-refractivity contribution in [2.24, 2.45) is 0 Å². The molecule has 0 aliphatic heterocycles. The Balaban J connectivity index is 4.09. The first-order valence-corrected chi connectivity index (χ1v) is 10.1. The maximum atomic E-state index is 2.55. The quantitative estimate of drug-likeness (QED) is 0.419. The van der Waals surface area contributed by atoms with E-state index in [-0.39, 0.29) is 0 Å². The van der Waals surface area contributed by atoms with Crippen molar-refractivity contribution in [1.29, 1.82) is 0 Å². The second kappa shape index (κ2) is 7.32. The third-order valence-corrected chi connectivity index (χ3v) is 5.42. The molecule has 0 spiro atoms. The Morgan fingerprint density at radius 3 is 2.07 bits per heavy atom. The van der Waals surface area contributed by atoms with Crippen molar-refractivity contribution in [3.05, 3.63) is 11.2 Å². The molecule has 2 heteroatoms. The van der Waals surface area contributed by atoms with Crippen molar-refractivity contribution in [1.82, 2.24) is 0 Å². The van der Waals surface area contributed by atoms with Gasteiger partial charge in [-0.1, -0.05) is 65.5 Å². The Morgan fingerprint density at radius 1 is 1.07 bits per heavy atom. The molecule has 0 radical (unpaired) electrons. The SMILES string of the molecule is CCCCCCC=C(B(C)C)[Si](C)(C)C. The summed E-state index contributed by atoms with van der Waals surface area (Å²) in [5.74, 6) is 0. The molecule has 0 N–H and O–H groups in total. The number of hydrogen-bond donors (Lipinski definition) is 0. The number of allylic oxidation sites excluding steroid dienone is 1. The first kappa shape index (κ1) is 15.0. The van der Waals surface area contributed by atoms with Crippen molar-refractivity contribution in [2.45, 2.75) is 72.3 Å². The van der Waals surface area contributed by atoms with Crippen LogP contribution in [0.3, 0.4) is 0 Å². The molecular weight excluding hydrogens is 195 g/mol. The maximum absolute atomic E-state index is 2.55. The molecule has 0 aliphatic rings. The molecule has 0 aromatic heterocycles. The number of rotatable bonds is 7. The van der Waals surface area contributed by atoms with Crippen LogP contribution in [0.1, 0.15) is 39.0 Å². The van der Waals surface area contributed by atoms with E-state index >= 15 is 0 Å². The molecular formula is C13H29BSi. The van der Waals surface area contributed by atoms with Crippen molar-refractivity contribution in [3.63, 3.8) is 0 Å². The van der Waals surface area contributed by atoms with Crippen molar-refractivity contribution in [3.8, 4) is 0 Å². The van der Waals surface area contributed by atoms with Crippen LogP contribution < -0.4 is 0 Å². The Labute approximate surface area is 98.6 Å². The molecule has 0 saturated carbocycles. The standard InChI is InChI=1S/C13H29BSi/c1-7-8-9-10-11-12-13(14(2)3)15(4,5)6/h12H,7-11H2,1-6H3. The fourth-order valence-electron chi connectivity index (χ4n) is 2.24. The van der Waals surface area contributed by atoms with E-state index in [4.69, 9.17) is 0 Å². The zero-order valence-electron chi connectivity index (χ0n) is 11.7. The smallest absolute Gasteiger partial charge is 0.115 e. The minimum Gasteiger partial charge on any atom is -0.115 e. The average molecular weight is 224 g/mol. The van der Waals surface area contributed by atoms with Gasteiger partial charge in [-0.2, -0.15) is 0 Å². The van der Waals surface area contributed by atoms with E-state index < -0.39 is 8.07 Å². The second-order valence-corrected chi connectivity index (χ2v) is 11.0. The zero-order chi connectivity index (χ0) is 11.9. The Bertz CT molecular complexity index is 189. The van der Waals surface area contributed by atoms with Crippen LogP contribution >= 0.6 is 0 Å². The predicted molar refractivity (Wildman–Crippen MR) is 77.7 cm³/mol. The van der Waals surface area contributed by atoms with E-state index in [2.05, 4.69) is 46.3 Å². The zero-order valence-corrected chi connectivity index (χ0v) is 12.7. The Kier molecular flexibility index (Phi) is 7.33. The lowest BCUT2D eigenvalue weighted by atomic mass is 9.54. The summed E-state index contributed by atoms with van der Waals surface area (Å²) >= 11 is 0. The van der Waals surface area contributed by atoms with Gasteiger partial charge in [0, 0.05) is 0 Å². The highest BCUT2D eigenvalue weighted by molar-refractivity contribution is 6.97. The predicted octanol–water partition coefficient (Wildman–Crippen LogP) is 5.05. The Morgan fingerprint density at radius 2 is 1.67 bits per heavy atom. The van der Waals surface area contributed by atoms with Gasteiger partial charge >= 0.3 is 0 Å². The van der Waals surface area contributed by atoms with Crippen LogP contribution in [0.4, 0.5) is 0 Å². The van der Waals surface area contributed by atoms with Crippen molar-refractivity contribution in [2.75, 3.05) is 0 Å². The van der Waals surface area contributed by atoms with Crippen LogP contribution in [0.2, 0.25) is 33.3 Å². The summed E-state index contributed by atoms with van der Waals surface area (Å²) in [6.07, 6.45) is 9.38. The fraction of sp³-hybridized carbons (Fsp3) is 0.846. The monoisotopic (exact) mass is 224 g/mol. The Hall–Kier alpha value is 0.0218. The molecule has 0 rings (SSSR count). The maximum Gasteiger partial charge on any atom is 0.159 e. The van der Waals surface area contributed by atoms with Gasteiger partial charge in [0.25, 0.3) is 0 Å². The van der Waals surface area contributed by atoms with Gasteiger partial charge in [-0.25, -0.2) is 0 Å². The van der Waals surface area contributed by atoms with Gasteiger partial charge in [0.2, 0.25) is 0 Å². The molecule has 0 amide bonds. The lowest BCUT2D eigenvalue weighted by molar-refractivity contribution is 0.674. The van der Waals surface area contributed by atoms with Gasteiger partial charge in [0.05, 0.1) is 8.07 Å². The van der Waals surface area contributed by atoms with Gasteiger partial charge < -0.3 is 0 Å². The summed E-state index contributed by atoms with van der Waals surface area (Å²) < 4.78 is 0. The minimum atomic E-state index is -1.06. The normalized spacial score (nSPS) is 13.1. The van der Waals surface area contributed by atoms with E-state index in [1.165, 1.54) is 32.1 Å². The molecule has 0 aliphatic carbocycles. The van der Waals surface area contributed by atoms with Gasteiger partial charge in [0.1, 0.15) is 0 Å². The summed E-state index contributed by atoms with van der Waals surface area (Å²) in [6, 6.07) is 0. The van der Waals surface area contributed by atoms with Crippen LogP contribution in [-0.2, 0) is 0 Å². The van der Waals surface area contributed by atoms with Crippen molar-refractivity contribution >= 4 is 14.8 Å². The summed E-state index contributed by atoms with van der Waals surface area (Å²) in [5.41, 5.74) is 0. The summed E-state index contributed by atoms with van der Waals surface area (Å²) in [6.45, 7) is 15.1. The molecule has 0 bridgehead atoms. The van der Waals surface area contributed by atoms with Crippen LogP contribution in [0.25, 0.3) is 0 Å².